The van der Waals surface area contributed by atoms with Crippen LogP contribution in [0.1, 0.15) is 58.9 Å². The van der Waals surface area contributed by atoms with Crippen LogP contribution in [0.25, 0.3) is 0 Å². The second kappa shape index (κ2) is 19.0. The van der Waals surface area contributed by atoms with Crippen molar-refractivity contribution in [2.24, 2.45) is 0 Å². The number of amides is 1. The summed E-state index contributed by atoms with van der Waals surface area (Å²) in [6.07, 6.45) is -0.347. The monoisotopic (exact) mass is 430 g/mol. The van der Waals surface area contributed by atoms with E-state index >= 15 is 0 Å². The number of hydrogen-bond acceptors (Lipinski definition) is 2. The number of nitrogens with zero attached hydrogens (tertiary/aromatic N) is 3. The zero-order chi connectivity index (χ0) is 17.8. The minimum atomic E-state index is -0.347. The average molecular weight is 430 g/mol. The number of nitrogens with one attached hydrogen (secondary N) is 1. The van der Waals surface area contributed by atoms with Crippen molar-refractivity contribution in [2.75, 3.05) is 75.8 Å². The summed E-state index contributed by atoms with van der Waals surface area (Å²) < 4.78 is 2.08. The van der Waals surface area contributed by atoms with Crippen LogP contribution < -0.4 is 5.32 Å². The molecular weight excluding hydrogens is 364 g/mol. The Hall–Kier alpha value is -0.950. The van der Waals surface area contributed by atoms with E-state index in [9.17, 15) is 9.90 Å². The van der Waals surface area contributed by atoms with Crippen molar-refractivity contribution in [3.8, 4) is 0 Å². The van der Waals surface area contributed by atoms with E-state index in [-0.39, 0.29) is 64.0 Å². The Morgan fingerprint density at radius 3 is 1.52 bits per heavy atom. The van der Waals surface area contributed by atoms with E-state index in [1.165, 1.54) is 0 Å². The third-order valence-corrected chi connectivity index (χ3v) is 3.28. The van der Waals surface area contributed by atoms with Crippen LogP contribution in [0, 0.1) is 0 Å². The summed E-state index contributed by atoms with van der Waals surface area (Å²) >= 11 is 0. The van der Waals surface area contributed by atoms with Crippen LogP contribution in [0.2, 0.25) is 0 Å². The van der Waals surface area contributed by atoms with Gasteiger partial charge in [-0.05, 0) is 6.92 Å². The van der Waals surface area contributed by atoms with E-state index in [4.69, 9.17) is 0 Å². The Kier molecular flexibility index (Phi) is 33.5. The summed E-state index contributed by atoms with van der Waals surface area (Å²) in [5.74, 6) is -0.110. The first-order chi connectivity index (χ1) is 9.64. The molecule has 2 N–H and O–H groups in total. The molecule has 0 heterocycles. The van der Waals surface area contributed by atoms with Crippen molar-refractivity contribution < 1.29 is 23.4 Å². The fraction of sp³-hybridized carbons (Fsp3) is 0.870. The van der Waals surface area contributed by atoms with Gasteiger partial charge in [0.15, 0.2) is 12.8 Å². The predicted molar refractivity (Wildman–Crippen MR) is 138 cm³/mol. The number of rotatable bonds is 9. The van der Waals surface area contributed by atoms with E-state index in [1.807, 2.05) is 0 Å². The lowest BCUT2D eigenvalue weighted by molar-refractivity contribution is -1.07. The zero-order valence-electron chi connectivity index (χ0n) is 15.8. The molecule has 0 aliphatic carbocycles. The number of quaternary nitrogens is 3. The Morgan fingerprint density at radius 2 is 1.21 bits per heavy atom. The van der Waals surface area contributed by atoms with Crippen molar-refractivity contribution in [3.05, 3.63) is 12.2 Å². The lowest BCUT2D eigenvalue weighted by atomic mass is 10.2. The molecule has 0 aromatic carbocycles. The minimum Gasteiger partial charge on any atom is -0.382 e. The lowest BCUT2D eigenvalue weighted by Gasteiger charge is -2.40. The van der Waals surface area contributed by atoms with Crippen LogP contribution in [-0.4, -0.2) is 106 Å². The lowest BCUT2D eigenvalue weighted by Crippen LogP contribution is -2.61. The summed E-state index contributed by atoms with van der Waals surface area (Å²) in [6.45, 7) is 8.11. The van der Waals surface area contributed by atoms with Gasteiger partial charge in [-0.3, -0.25) is 13.8 Å². The molecule has 0 aromatic heterocycles. The highest BCUT2D eigenvalue weighted by Crippen LogP contribution is 2.08. The molecule has 0 saturated carbocycles. The molecule has 6 nitrogen and oxygen atoms in total. The Labute approximate surface area is 188 Å². The predicted octanol–water partition coefficient (Wildman–Crippen LogP) is 4.27. The first-order valence-corrected chi connectivity index (χ1v) is 7.70. The van der Waals surface area contributed by atoms with Crippen molar-refractivity contribution in [1.29, 1.82) is 0 Å². The second-order valence-corrected chi connectivity index (χ2v) is 8.77. The molecule has 0 bridgehead atoms. The van der Waals surface area contributed by atoms with Crippen LogP contribution in [0.3, 0.4) is 0 Å². The molecular formula is C23H65N4O2+3. The molecule has 0 saturated heterocycles. The maximum atomic E-state index is 11.6. The van der Waals surface area contributed by atoms with Gasteiger partial charge in [0.2, 0.25) is 6.67 Å². The molecule has 0 aliphatic heterocycles. The standard InChI is InChI=1S/C16H36N4O2.7CH4/c1-14(2)16(22)17-12-20(8,9)13-19(6,7)11-15(21)10-18(3,4)5;;;;;;;/h15,21H,1,10-13H2,2-9H3;7*1H4/q+2;;;;;;;/p+1. The first kappa shape index (κ1) is 51.1. The van der Waals surface area contributed by atoms with E-state index in [2.05, 4.69) is 61.2 Å². The number of carbonyl (C=O) groups is 1. The summed E-state index contributed by atoms with van der Waals surface area (Å²) in [4.78, 5) is 11.6. The molecule has 186 valence electrons. The van der Waals surface area contributed by atoms with Crippen LogP contribution in [0.4, 0.5) is 0 Å². The Morgan fingerprint density at radius 1 is 0.828 bits per heavy atom. The van der Waals surface area contributed by atoms with E-state index in [0.29, 0.717) is 27.8 Å². The normalized spacial score (nSPS) is 11.1. The summed E-state index contributed by atoms with van der Waals surface area (Å²) in [5, 5.41) is 13.2. The topological polar surface area (TPSA) is 49.3 Å². The van der Waals surface area contributed by atoms with Gasteiger partial charge in [-0.2, -0.15) is 0 Å². The molecule has 0 radical (unpaired) electrons. The van der Waals surface area contributed by atoms with Crippen LogP contribution in [0.5, 0.6) is 0 Å². The summed E-state index contributed by atoms with van der Waals surface area (Å²) in [7, 11) is 14.6. The molecule has 0 spiro atoms. The van der Waals surface area contributed by atoms with E-state index in [1.54, 1.807) is 6.92 Å². The highest BCUT2D eigenvalue weighted by Gasteiger charge is 2.31. The largest absolute Gasteiger partial charge is 0.382 e. The maximum Gasteiger partial charge on any atom is 0.250 e. The fourth-order valence-corrected chi connectivity index (χ4v) is 2.84. The highest BCUT2D eigenvalue weighted by molar-refractivity contribution is 5.91. The van der Waals surface area contributed by atoms with Gasteiger partial charge in [0.05, 0.1) is 49.3 Å². The smallest absolute Gasteiger partial charge is 0.250 e. The molecule has 1 unspecified atom stereocenters. The van der Waals surface area contributed by atoms with Crippen molar-refractivity contribution >= 4 is 5.91 Å². The number of hydrogen-bond donors (Lipinski definition) is 2. The van der Waals surface area contributed by atoms with Gasteiger partial charge in [0.1, 0.15) is 13.1 Å². The number of carbonyl (C=O) groups excluding carboxylic acids is 1. The molecule has 1 amide bonds. The molecule has 0 aliphatic rings. The van der Waals surface area contributed by atoms with E-state index in [0.717, 1.165) is 17.7 Å². The SMILES string of the molecule is C.C.C.C.C.C.C.C=C(C)C(=O)NC[N+](C)(C)C[N+](C)(C)CC(O)C[N+](C)(C)C. The van der Waals surface area contributed by atoms with Gasteiger partial charge in [0, 0.05) is 5.57 Å². The van der Waals surface area contributed by atoms with Crippen LogP contribution in [0.15, 0.2) is 12.2 Å². The van der Waals surface area contributed by atoms with E-state index < -0.39 is 0 Å². The van der Waals surface area contributed by atoms with Gasteiger partial charge in [-0.15, -0.1) is 0 Å². The summed E-state index contributed by atoms with van der Waals surface area (Å²) in [5.41, 5.74) is 0.520. The van der Waals surface area contributed by atoms with Crippen LogP contribution >= 0.6 is 0 Å². The molecule has 1 atom stereocenters. The molecule has 0 fully saturated rings. The summed E-state index contributed by atoms with van der Waals surface area (Å²) in [6, 6.07) is 0. The minimum absolute atomic E-state index is 0. The Bertz CT molecular complexity index is 400. The number of aliphatic hydroxyl groups excluding tert-OH is 1. The molecule has 0 aromatic rings. The van der Waals surface area contributed by atoms with Gasteiger partial charge >= 0.3 is 0 Å². The van der Waals surface area contributed by atoms with Crippen molar-refractivity contribution in [2.45, 2.75) is 65.0 Å². The molecule has 29 heavy (non-hydrogen) atoms. The van der Waals surface area contributed by atoms with Gasteiger partial charge < -0.3 is 14.9 Å². The fourth-order valence-electron chi connectivity index (χ4n) is 2.84. The highest BCUT2D eigenvalue weighted by atomic mass is 16.3. The number of likely N-dealkylation sites (N-methyl/N-ethyl adjacent to an activating group) is 2. The van der Waals surface area contributed by atoms with Gasteiger partial charge in [0.25, 0.3) is 5.91 Å². The average Bonchev–Trinajstić information content (AvgIpc) is 2.19. The van der Waals surface area contributed by atoms with Crippen molar-refractivity contribution in [3.63, 3.8) is 0 Å². The number of aliphatic hydroxyl groups is 1. The zero-order valence-corrected chi connectivity index (χ0v) is 15.8. The van der Waals surface area contributed by atoms with Crippen LogP contribution in [-0.2, 0) is 4.79 Å². The van der Waals surface area contributed by atoms with Gasteiger partial charge in [-0.25, -0.2) is 0 Å². The molecule has 0 rings (SSSR count). The first-order valence-electron chi connectivity index (χ1n) is 7.70. The third kappa shape index (κ3) is 27.1. The van der Waals surface area contributed by atoms with Crippen molar-refractivity contribution in [1.82, 2.24) is 5.32 Å². The second-order valence-electron chi connectivity index (χ2n) is 8.77. The quantitative estimate of drug-likeness (QED) is 0.327. The maximum absolute atomic E-state index is 11.6. The molecule has 6 heteroatoms. The van der Waals surface area contributed by atoms with Gasteiger partial charge in [-0.1, -0.05) is 58.6 Å². The third-order valence-electron chi connectivity index (χ3n) is 3.28. The Balaban J connectivity index is -0.000000105.